The van der Waals surface area contributed by atoms with Gasteiger partial charge in [0.25, 0.3) is 0 Å². The van der Waals surface area contributed by atoms with E-state index in [0.717, 1.165) is 12.0 Å². The molecule has 17 heavy (non-hydrogen) atoms. The van der Waals surface area contributed by atoms with Gasteiger partial charge in [0.15, 0.2) is 0 Å². The fourth-order valence-electron chi connectivity index (χ4n) is 3.55. The third-order valence-corrected chi connectivity index (χ3v) is 4.43. The van der Waals surface area contributed by atoms with Gasteiger partial charge in [-0.05, 0) is 36.8 Å². The second-order valence-corrected chi connectivity index (χ2v) is 5.30. The molecule has 2 N–H and O–H groups in total. The lowest BCUT2D eigenvalue weighted by Gasteiger charge is -2.33. The first-order chi connectivity index (χ1) is 8.40. The van der Waals surface area contributed by atoms with Crippen LogP contribution in [0, 0.1) is 5.92 Å². The first-order valence-corrected chi connectivity index (χ1v) is 6.79. The van der Waals surface area contributed by atoms with Gasteiger partial charge in [0.2, 0.25) is 0 Å². The van der Waals surface area contributed by atoms with Gasteiger partial charge >= 0.3 is 0 Å². The lowest BCUT2D eigenvalue weighted by Crippen LogP contribution is -2.35. The van der Waals surface area contributed by atoms with Gasteiger partial charge in [-0.3, -0.25) is 4.98 Å². The van der Waals surface area contributed by atoms with Gasteiger partial charge in [0.05, 0.1) is 11.9 Å². The fraction of sp³-hybridized carbons (Fsp3) is 0.643. The zero-order valence-corrected chi connectivity index (χ0v) is 10.3. The molecule has 2 heterocycles. The molecular weight excluding hydrogens is 210 g/mol. The molecule has 0 bridgehead atoms. The molecule has 1 aromatic heterocycles. The van der Waals surface area contributed by atoms with Crippen molar-refractivity contribution in [3.05, 3.63) is 24.0 Å². The van der Waals surface area contributed by atoms with Crippen LogP contribution in [-0.2, 0) is 6.54 Å². The van der Waals surface area contributed by atoms with Crippen molar-refractivity contribution >= 4 is 5.69 Å². The third kappa shape index (κ3) is 1.93. The molecule has 3 rings (SSSR count). The van der Waals surface area contributed by atoms with E-state index in [1.54, 1.807) is 0 Å². The SMILES string of the molecule is NCc1ccncc1N1CCC2CCCCC21. The Bertz CT molecular complexity index is 391. The topological polar surface area (TPSA) is 42.1 Å². The van der Waals surface area contributed by atoms with Gasteiger partial charge in [-0.2, -0.15) is 0 Å². The van der Waals surface area contributed by atoms with Crippen LogP contribution >= 0.6 is 0 Å². The van der Waals surface area contributed by atoms with Crippen LogP contribution in [-0.4, -0.2) is 17.6 Å². The van der Waals surface area contributed by atoms with Crippen molar-refractivity contribution in [3.63, 3.8) is 0 Å². The van der Waals surface area contributed by atoms with E-state index in [1.807, 2.05) is 12.4 Å². The molecule has 1 aromatic rings. The molecule has 92 valence electrons. The minimum absolute atomic E-state index is 0.617. The van der Waals surface area contributed by atoms with Gasteiger partial charge in [-0.15, -0.1) is 0 Å². The van der Waals surface area contributed by atoms with Crippen molar-refractivity contribution in [2.24, 2.45) is 11.7 Å². The largest absolute Gasteiger partial charge is 0.367 e. The number of hydrogen-bond donors (Lipinski definition) is 1. The Kier molecular flexibility index (Phi) is 3.02. The summed E-state index contributed by atoms with van der Waals surface area (Å²) < 4.78 is 0. The lowest BCUT2D eigenvalue weighted by atomic mass is 9.85. The second-order valence-electron chi connectivity index (χ2n) is 5.30. The van der Waals surface area contributed by atoms with Crippen molar-refractivity contribution in [2.45, 2.75) is 44.7 Å². The number of nitrogens with zero attached hydrogens (tertiary/aromatic N) is 2. The third-order valence-electron chi connectivity index (χ3n) is 4.43. The quantitative estimate of drug-likeness (QED) is 0.849. The molecule has 0 radical (unpaired) electrons. The van der Waals surface area contributed by atoms with Crippen LogP contribution < -0.4 is 10.6 Å². The summed E-state index contributed by atoms with van der Waals surface area (Å²) >= 11 is 0. The van der Waals surface area contributed by atoms with Gasteiger partial charge in [-0.25, -0.2) is 0 Å². The Morgan fingerprint density at radius 3 is 3.06 bits per heavy atom. The summed E-state index contributed by atoms with van der Waals surface area (Å²) in [5.41, 5.74) is 8.36. The number of fused-ring (bicyclic) bond motifs is 1. The van der Waals surface area contributed by atoms with E-state index in [-0.39, 0.29) is 0 Å². The van der Waals surface area contributed by atoms with Gasteiger partial charge in [0, 0.05) is 25.3 Å². The molecule has 0 spiro atoms. The standard InChI is InChI=1S/C14H21N3/c15-9-12-5-7-16-10-14(12)17-8-6-11-3-1-2-4-13(11)17/h5,7,10-11,13H,1-4,6,8-9,15H2. The molecule has 2 unspecified atom stereocenters. The zero-order chi connectivity index (χ0) is 11.7. The maximum absolute atomic E-state index is 5.83. The summed E-state index contributed by atoms with van der Waals surface area (Å²) in [7, 11) is 0. The van der Waals surface area contributed by atoms with Gasteiger partial charge < -0.3 is 10.6 Å². The summed E-state index contributed by atoms with van der Waals surface area (Å²) in [5, 5.41) is 0. The minimum atomic E-state index is 0.617. The molecule has 3 nitrogen and oxygen atoms in total. The predicted molar refractivity (Wildman–Crippen MR) is 69.8 cm³/mol. The Hall–Kier alpha value is -1.09. The second kappa shape index (κ2) is 4.65. The molecule has 1 aliphatic carbocycles. The summed E-state index contributed by atoms with van der Waals surface area (Å²) in [6.07, 6.45) is 10.8. The van der Waals surface area contributed by atoms with Crippen LogP contribution in [0.15, 0.2) is 18.5 Å². The Balaban J connectivity index is 1.88. The van der Waals surface area contributed by atoms with Crippen LogP contribution in [0.5, 0.6) is 0 Å². The normalized spacial score (nSPS) is 28.2. The van der Waals surface area contributed by atoms with Crippen molar-refractivity contribution in [1.29, 1.82) is 0 Å². The number of hydrogen-bond acceptors (Lipinski definition) is 3. The molecule has 2 atom stereocenters. The van der Waals surface area contributed by atoms with Crippen LogP contribution in [0.25, 0.3) is 0 Å². The average molecular weight is 231 g/mol. The van der Waals surface area contributed by atoms with Crippen LogP contribution in [0.1, 0.15) is 37.7 Å². The van der Waals surface area contributed by atoms with Gasteiger partial charge in [-0.1, -0.05) is 12.8 Å². The monoisotopic (exact) mass is 231 g/mol. The van der Waals surface area contributed by atoms with E-state index < -0.39 is 0 Å². The number of aromatic nitrogens is 1. The summed E-state index contributed by atoms with van der Waals surface area (Å²) in [4.78, 5) is 6.85. The predicted octanol–water partition coefficient (Wildman–Crippen LogP) is 2.31. The highest BCUT2D eigenvalue weighted by atomic mass is 15.2. The summed E-state index contributed by atoms with van der Waals surface area (Å²) in [6, 6.07) is 2.81. The Morgan fingerprint density at radius 2 is 2.18 bits per heavy atom. The first-order valence-electron chi connectivity index (χ1n) is 6.79. The minimum Gasteiger partial charge on any atom is -0.367 e. The van der Waals surface area contributed by atoms with E-state index in [9.17, 15) is 0 Å². The van der Waals surface area contributed by atoms with E-state index in [2.05, 4.69) is 16.0 Å². The Labute approximate surface area is 103 Å². The molecule has 1 saturated heterocycles. The summed E-state index contributed by atoms with van der Waals surface area (Å²) in [5.74, 6) is 0.912. The Morgan fingerprint density at radius 1 is 1.29 bits per heavy atom. The molecule has 1 saturated carbocycles. The van der Waals surface area contributed by atoms with Crippen molar-refractivity contribution < 1.29 is 0 Å². The molecule has 0 amide bonds. The molecule has 2 fully saturated rings. The van der Waals surface area contributed by atoms with E-state index >= 15 is 0 Å². The molecule has 0 aromatic carbocycles. The number of rotatable bonds is 2. The van der Waals surface area contributed by atoms with Gasteiger partial charge in [0.1, 0.15) is 0 Å². The smallest absolute Gasteiger partial charge is 0.0600 e. The maximum Gasteiger partial charge on any atom is 0.0600 e. The first kappa shape index (κ1) is 11.0. The average Bonchev–Trinajstić information content (AvgIpc) is 2.82. The van der Waals surface area contributed by atoms with E-state index in [0.29, 0.717) is 6.54 Å². The van der Waals surface area contributed by atoms with Crippen molar-refractivity contribution in [1.82, 2.24) is 4.98 Å². The molecule has 3 heteroatoms. The van der Waals surface area contributed by atoms with E-state index in [1.165, 1.54) is 49.9 Å². The van der Waals surface area contributed by atoms with E-state index in [4.69, 9.17) is 5.73 Å². The van der Waals surface area contributed by atoms with Crippen LogP contribution in [0.2, 0.25) is 0 Å². The molecule has 1 aliphatic heterocycles. The zero-order valence-electron chi connectivity index (χ0n) is 10.3. The lowest BCUT2D eigenvalue weighted by molar-refractivity contribution is 0.342. The molecular formula is C14H21N3. The fourth-order valence-corrected chi connectivity index (χ4v) is 3.55. The summed E-state index contributed by atoms with van der Waals surface area (Å²) in [6.45, 7) is 1.81. The highest BCUT2D eigenvalue weighted by molar-refractivity contribution is 5.53. The van der Waals surface area contributed by atoms with Crippen molar-refractivity contribution in [2.75, 3.05) is 11.4 Å². The number of anilines is 1. The number of pyridine rings is 1. The number of nitrogens with two attached hydrogens (primary N) is 1. The molecule has 2 aliphatic rings. The highest BCUT2D eigenvalue weighted by Crippen LogP contribution is 2.39. The maximum atomic E-state index is 5.83. The van der Waals surface area contributed by atoms with Crippen LogP contribution in [0.4, 0.5) is 5.69 Å². The van der Waals surface area contributed by atoms with Crippen LogP contribution in [0.3, 0.4) is 0 Å². The van der Waals surface area contributed by atoms with Crippen molar-refractivity contribution in [3.8, 4) is 0 Å². The highest BCUT2D eigenvalue weighted by Gasteiger charge is 2.36.